The number of rotatable bonds is 6. The summed E-state index contributed by atoms with van der Waals surface area (Å²) in [5.41, 5.74) is 8.37. The Morgan fingerprint density at radius 3 is 2.75 bits per heavy atom. The minimum atomic E-state index is 0.321. The zero-order valence-corrected chi connectivity index (χ0v) is 10.6. The van der Waals surface area contributed by atoms with Crippen LogP contribution in [0.25, 0.3) is 0 Å². The lowest BCUT2D eigenvalue weighted by atomic mass is 10.1. The van der Waals surface area contributed by atoms with Gasteiger partial charge in [0, 0.05) is 6.04 Å². The minimum Gasteiger partial charge on any atom is -0.493 e. The normalized spacial score (nSPS) is 12.5. The van der Waals surface area contributed by atoms with Crippen LogP contribution in [0.1, 0.15) is 37.3 Å². The average Bonchev–Trinajstić information content (AvgIpc) is 2.29. The Labute approximate surface area is 98.8 Å². The molecular formula is C14H23NO. The lowest BCUT2D eigenvalue weighted by Crippen LogP contribution is -2.19. The van der Waals surface area contributed by atoms with E-state index in [9.17, 15) is 0 Å². The van der Waals surface area contributed by atoms with Gasteiger partial charge in [-0.25, -0.2) is 0 Å². The predicted molar refractivity (Wildman–Crippen MR) is 68.9 cm³/mol. The summed E-state index contributed by atoms with van der Waals surface area (Å²) >= 11 is 0. The third kappa shape index (κ3) is 3.86. The Bertz CT molecular complexity index is 323. The molecule has 1 unspecified atom stereocenters. The van der Waals surface area contributed by atoms with Gasteiger partial charge < -0.3 is 10.5 Å². The van der Waals surface area contributed by atoms with Crippen LogP contribution in [0, 0.1) is 13.8 Å². The van der Waals surface area contributed by atoms with Crippen LogP contribution in [0.15, 0.2) is 18.2 Å². The van der Waals surface area contributed by atoms with E-state index in [4.69, 9.17) is 10.5 Å². The Morgan fingerprint density at radius 2 is 2.06 bits per heavy atom. The van der Waals surface area contributed by atoms with Crippen molar-refractivity contribution in [1.29, 1.82) is 0 Å². The lowest BCUT2D eigenvalue weighted by Gasteiger charge is -2.12. The number of benzene rings is 1. The van der Waals surface area contributed by atoms with E-state index >= 15 is 0 Å². The van der Waals surface area contributed by atoms with Gasteiger partial charge in [0.2, 0.25) is 0 Å². The molecule has 1 rings (SSSR count). The molecule has 16 heavy (non-hydrogen) atoms. The van der Waals surface area contributed by atoms with Crippen molar-refractivity contribution in [2.75, 3.05) is 6.61 Å². The van der Waals surface area contributed by atoms with Crippen LogP contribution in [0.4, 0.5) is 0 Å². The highest BCUT2D eigenvalue weighted by atomic mass is 16.5. The Kier molecular flexibility index (Phi) is 5.33. The van der Waals surface area contributed by atoms with E-state index in [2.05, 4.69) is 26.8 Å². The molecule has 1 aromatic carbocycles. The summed E-state index contributed by atoms with van der Waals surface area (Å²) in [4.78, 5) is 0. The summed E-state index contributed by atoms with van der Waals surface area (Å²) in [6.45, 7) is 7.09. The molecule has 0 spiro atoms. The molecule has 0 amide bonds. The molecule has 0 fully saturated rings. The zero-order valence-electron chi connectivity index (χ0n) is 10.6. The fourth-order valence-corrected chi connectivity index (χ4v) is 1.61. The van der Waals surface area contributed by atoms with Crippen molar-refractivity contribution in [2.24, 2.45) is 5.73 Å². The zero-order chi connectivity index (χ0) is 12.0. The van der Waals surface area contributed by atoms with Crippen molar-refractivity contribution in [1.82, 2.24) is 0 Å². The van der Waals surface area contributed by atoms with Gasteiger partial charge in [-0.05, 0) is 50.3 Å². The van der Waals surface area contributed by atoms with Gasteiger partial charge in [0.15, 0.2) is 0 Å². The number of hydrogen-bond donors (Lipinski definition) is 1. The molecular weight excluding hydrogens is 198 g/mol. The summed E-state index contributed by atoms with van der Waals surface area (Å²) < 4.78 is 5.76. The molecule has 90 valence electrons. The summed E-state index contributed by atoms with van der Waals surface area (Å²) in [6.07, 6.45) is 3.12. The molecule has 0 saturated heterocycles. The summed E-state index contributed by atoms with van der Waals surface area (Å²) in [6, 6.07) is 6.49. The highest BCUT2D eigenvalue weighted by molar-refractivity contribution is 5.38. The van der Waals surface area contributed by atoms with E-state index in [1.54, 1.807) is 0 Å². The van der Waals surface area contributed by atoms with Gasteiger partial charge in [-0.1, -0.05) is 19.1 Å². The molecule has 1 aromatic rings. The van der Waals surface area contributed by atoms with Gasteiger partial charge in [-0.15, -0.1) is 0 Å². The molecule has 0 aromatic heterocycles. The van der Waals surface area contributed by atoms with E-state index in [0.717, 1.165) is 31.6 Å². The average molecular weight is 221 g/mol. The van der Waals surface area contributed by atoms with Crippen molar-refractivity contribution >= 4 is 0 Å². The van der Waals surface area contributed by atoms with Gasteiger partial charge in [0.1, 0.15) is 5.75 Å². The quantitative estimate of drug-likeness (QED) is 0.749. The first-order valence-corrected chi connectivity index (χ1v) is 6.09. The van der Waals surface area contributed by atoms with Gasteiger partial charge in [-0.2, -0.15) is 0 Å². The molecule has 2 nitrogen and oxygen atoms in total. The van der Waals surface area contributed by atoms with E-state index in [-0.39, 0.29) is 0 Å². The SMILES string of the molecule is CCC(N)CCCOc1cccc(C)c1C. The first-order valence-electron chi connectivity index (χ1n) is 6.09. The smallest absolute Gasteiger partial charge is 0.122 e. The van der Waals surface area contributed by atoms with E-state index in [1.165, 1.54) is 11.1 Å². The Morgan fingerprint density at radius 1 is 1.31 bits per heavy atom. The fraction of sp³-hybridized carbons (Fsp3) is 0.571. The van der Waals surface area contributed by atoms with Gasteiger partial charge in [0.25, 0.3) is 0 Å². The van der Waals surface area contributed by atoms with Crippen molar-refractivity contribution < 1.29 is 4.74 Å². The van der Waals surface area contributed by atoms with Crippen LogP contribution < -0.4 is 10.5 Å². The number of nitrogens with two attached hydrogens (primary N) is 1. The minimum absolute atomic E-state index is 0.321. The number of aryl methyl sites for hydroxylation is 1. The van der Waals surface area contributed by atoms with Gasteiger partial charge >= 0.3 is 0 Å². The second-order valence-electron chi connectivity index (χ2n) is 4.36. The van der Waals surface area contributed by atoms with Crippen LogP contribution >= 0.6 is 0 Å². The second-order valence-corrected chi connectivity index (χ2v) is 4.36. The maximum atomic E-state index is 5.85. The summed E-state index contributed by atoms with van der Waals surface area (Å²) in [7, 11) is 0. The van der Waals surface area contributed by atoms with Crippen molar-refractivity contribution in [3.63, 3.8) is 0 Å². The summed E-state index contributed by atoms with van der Waals surface area (Å²) in [5.74, 6) is 1.00. The second kappa shape index (κ2) is 6.54. The maximum Gasteiger partial charge on any atom is 0.122 e. The predicted octanol–water partition coefficient (Wildman–Crippen LogP) is 3.20. The summed E-state index contributed by atoms with van der Waals surface area (Å²) in [5, 5.41) is 0. The lowest BCUT2D eigenvalue weighted by molar-refractivity contribution is 0.298. The van der Waals surface area contributed by atoms with Crippen molar-refractivity contribution in [3.8, 4) is 5.75 Å². The van der Waals surface area contributed by atoms with Crippen LogP contribution in [-0.2, 0) is 0 Å². The molecule has 0 aliphatic heterocycles. The van der Waals surface area contributed by atoms with Gasteiger partial charge in [0.05, 0.1) is 6.61 Å². The first-order chi connectivity index (χ1) is 7.65. The highest BCUT2D eigenvalue weighted by Gasteiger charge is 2.02. The number of ether oxygens (including phenoxy) is 1. The Hall–Kier alpha value is -1.02. The molecule has 2 N–H and O–H groups in total. The van der Waals surface area contributed by atoms with E-state index < -0.39 is 0 Å². The van der Waals surface area contributed by atoms with Crippen molar-refractivity contribution in [2.45, 2.75) is 46.1 Å². The fourth-order valence-electron chi connectivity index (χ4n) is 1.61. The standard InChI is InChI=1S/C14H23NO/c1-4-13(15)8-6-10-16-14-9-5-7-11(2)12(14)3/h5,7,9,13H,4,6,8,10,15H2,1-3H3. The third-order valence-corrected chi connectivity index (χ3v) is 3.06. The molecule has 0 heterocycles. The maximum absolute atomic E-state index is 5.85. The Balaban J connectivity index is 2.35. The molecule has 0 radical (unpaired) electrons. The highest BCUT2D eigenvalue weighted by Crippen LogP contribution is 2.20. The van der Waals surface area contributed by atoms with Crippen LogP contribution in [-0.4, -0.2) is 12.6 Å². The van der Waals surface area contributed by atoms with Gasteiger partial charge in [-0.3, -0.25) is 0 Å². The van der Waals surface area contributed by atoms with Crippen molar-refractivity contribution in [3.05, 3.63) is 29.3 Å². The topological polar surface area (TPSA) is 35.2 Å². The first kappa shape index (κ1) is 13.0. The molecule has 2 heteroatoms. The van der Waals surface area contributed by atoms with Crippen LogP contribution in [0.5, 0.6) is 5.75 Å². The molecule has 0 saturated carbocycles. The van der Waals surface area contributed by atoms with Crippen LogP contribution in [0.2, 0.25) is 0 Å². The monoisotopic (exact) mass is 221 g/mol. The molecule has 0 bridgehead atoms. The number of hydrogen-bond acceptors (Lipinski definition) is 2. The molecule has 0 aliphatic carbocycles. The van der Waals surface area contributed by atoms with E-state index in [1.807, 2.05) is 12.1 Å². The van der Waals surface area contributed by atoms with E-state index in [0.29, 0.717) is 6.04 Å². The van der Waals surface area contributed by atoms with Crippen LogP contribution in [0.3, 0.4) is 0 Å². The molecule has 1 atom stereocenters. The molecule has 0 aliphatic rings. The largest absolute Gasteiger partial charge is 0.493 e. The third-order valence-electron chi connectivity index (χ3n) is 3.06.